The Morgan fingerprint density at radius 3 is 2.48 bits per heavy atom. The van der Waals surface area contributed by atoms with E-state index >= 15 is 0 Å². The lowest BCUT2D eigenvalue weighted by Crippen LogP contribution is -2.42. The lowest BCUT2D eigenvalue weighted by molar-refractivity contribution is -0.124. The van der Waals surface area contributed by atoms with E-state index < -0.39 is 23.8 Å². The van der Waals surface area contributed by atoms with Gasteiger partial charge in [0.25, 0.3) is 11.8 Å². The van der Waals surface area contributed by atoms with Crippen LogP contribution in [-0.2, 0) is 11.3 Å². The zero-order valence-electron chi connectivity index (χ0n) is 16.8. The van der Waals surface area contributed by atoms with Crippen LogP contribution in [0.4, 0.5) is 4.39 Å². The van der Waals surface area contributed by atoms with Crippen LogP contribution in [0.5, 0.6) is 0 Å². The number of nitrogens with one attached hydrogen (secondary N) is 2. The van der Waals surface area contributed by atoms with Gasteiger partial charge in [0.05, 0.1) is 11.2 Å². The number of amides is 2. The molecule has 0 saturated carbocycles. The van der Waals surface area contributed by atoms with Crippen molar-refractivity contribution in [1.29, 1.82) is 0 Å². The fraction of sp³-hybridized carbons (Fsp3) is 0.0833. The van der Waals surface area contributed by atoms with Crippen molar-refractivity contribution in [2.75, 3.05) is 0 Å². The molecule has 1 unspecified atom stereocenters. The molecule has 5 rings (SSSR count). The predicted octanol–water partition coefficient (Wildman–Crippen LogP) is 5.97. The molecule has 3 aromatic carbocycles. The number of rotatable bonds is 3. The van der Waals surface area contributed by atoms with Gasteiger partial charge in [-0.15, -0.1) is 0 Å². The molecule has 0 aliphatic carbocycles. The molecule has 5 nitrogen and oxygen atoms in total. The third-order valence-electron chi connectivity index (χ3n) is 5.53. The van der Waals surface area contributed by atoms with Crippen LogP contribution >= 0.6 is 34.8 Å². The van der Waals surface area contributed by atoms with Gasteiger partial charge in [-0.05, 0) is 48.0 Å². The van der Waals surface area contributed by atoms with Crippen LogP contribution in [0, 0.1) is 5.82 Å². The van der Waals surface area contributed by atoms with Gasteiger partial charge in [-0.3, -0.25) is 9.59 Å². The summed E-state index contributed by atoms with van der Waals surface area (Å²) in [6.07, 6.45) is -1.18. The second-order valence-corrected chi connectivity index (χ2v) is 8.88. The maximum absolute atomic E-state index is 14.8. The van der Waals surface area contributed by atoms with Crippen molar-refractivity contribution in [1.82, 2.24) is 15.2 Å². The molecule has 33 heavy (non-hydrogen) atoms. The lowest BCUT2D eigenvalue weighted by atomic mass is 10.1. The molecule has 0 bridgehead atoms. The largest absolute Gasteiger partial charge is 0.348 e. The Kier molecular flexibility index (Phi) is 5.52. The number of carbonyl (C=O) groups excluding carboxylic acids is 2. The van der Waals surface area contributed by atoms with Crippen molar-refractivity contribution in [3.05, 3.63) is 92.7 Å². The Labute approximate surface area is 203 Å². The van der Waals surface area contributed by atoms with Crippen LogP contribution in [0.2, 0.25) is 15.1 Å². The van der Waals surface area contributed by atoms with Gasteiger partial charge in [0.2, 0.25) is 0 Å². The summed E-state index contributed by atoms with van der Waals surface area (Å²) in [5.41, 5.74) is 2.28. The molecule has 9 heteroatoms. The second kappa shape index (κ2) is 8.37. The Balaban J connectivity index is 1.72. The standard InChI is InChI=1S/C24H15Cl3FN3O2/c25-14-7-13(8-15(26)9-14)23(32)30-22-24(33)29-11-12-5-6-18(27)17-10-20(31(22)21(12)17)16-3-1-2-4-19(16)28/h1-10,22H,11H2,(H,29,33)(H,30,32). The highest BCUT2D eigenvalue weighted by Crippen LogP contribution is 2.38. The van der Waals surface area contributed by atoms with Crippen molar-refractivity contribution < 1.29 is 14.0 Å². The number of hydrogen-bond donors (Lipinski definition) is 2. The van der Waals surface area contributed by atoms with E-state index in [0.29, 0.717) is 21.6 Å². The molecule has 1 aliphatic rings. The number of halogens is 4. The summed E-state index contributed by atoms with van der Waals surface area (Å²) in [7, 11) is 0. The normalized spacial score (nSPS) is 15.3. The van der Waals surface area contributed by atoms with E-state index in [1.54, 1.807) is 41.0 Å². The van der Waals surface area contributed by atoms with Crippen molar-refractivity contribution in [3.8, 4) is 11.3 Å². The maximum Gasteiger partial charge on any atom is 0.264 e. The van der Waals surface area contributed by atoms with E-state index in [2.05, 4.69) is 10.6 Å². The summed E-state index contributed by atoms with van der Waals surface area (Å²) >= 11 is 18.6. The number of nitrogens with zero attached hydrogens (tertiary/aromatic N) is 1. The minimum absolute atomic E-state index is 0.187. The van der Waals surface area contributed by atoms with Crippen molar-refractivity contribution in [2.45, 2.75) is 12.7 Å². The summed E-state index contributed by atoms with van der Waals surface area (Å²) in [4.78, 5) is 26.2. The highest BCUT2D eigenvalue weighted by molar-refractivity contribution is 6.36. The highest BCUT2D eigenvalue weighted by atomic mass is 35.5. The minimum atomic E-state index is -1.18. The SMILES string of the molecule is O=C(NC1C(=O)NCc2ccc(Cl)c3cc(-c4ccccc4F)n1c23)c1cc(Cl)cc(Cl)c1. The van der Waals surface area contributed by atoms with Gasteiger partial charge in [-0.2, -0.15) is 0 Å². The molecule has 0 radical (unpaired) electrons. The van der Waals surface area contributed by atoms with E-state index in [-0.39, 0.29) is 27.7 Å². The molecule has 0 saturated heterocycles. The zero-order chi connectivity index (χ0) is 23.3. The van der Waals surface area contributed by atoms with E-state index in [1.807, 2.05) is 0 Å². The number of benzene rings is 3. The van der Waals surface area contributed by atoms with Crippen molar-refractivity contribution in [2.24, 2.45) is 0 Å². The summed E-state index contributed by atoms with van der Waals surface area (Å²) in [6, 6.07) is 15.9. The van der Waals surface area contributed by atoms with Gasteiger partial charge < -0.3 is 15.2 Å². The van der Waals surface area contributed by atoms with Crippen LogP contribution in [0.15, 0.2) is 60.7 Å². The zero-order valence-corrected chi connectivity index (χ0v) is 19.1. The maximum atomic E-state index is 14.8. The monoisotopic (exact) mass is 501 g/mol. The van der Waals surface area contributed by atoms with E-state index in [9.17, 15) is 14.0 Å². The molecule has 2 amide bonds. The Morgan fingerprint density at radius 2 is 1.76 bits per heavy atom. The quantitative estimate of drug-likeness (QED) is 0.363. The first-order chi connectivity index (χ1) is 15.8. The van der Waals surface area contributed by atoms with Crippen LogP contribution in [0.3, 0.4) is 0 Å². The van der Waals surface area contributed by atoms with E-state index in [4.69, 9.17) is 34.8 Å². The average Bonchev–Trinajstić information content (AvgIpc) is 3.11. The first kappa shape index (κ1) is 21.8. The molecule has 0 fully saturated rings. The molecule has 0 spiro atoms. The van der Waals surface area contributed by atoms with Crippen molar-refractivity contribution >= 4 is 57.5 Å². The molecule has 1 aliphatic heterocycles. The molecular formula is C24H15Cl3FN3O2. The molecule has 1 aromatic heterocycles. The van der Waals surface area contributed by atoms with Gasteiger partial charge in [-0.25, -0.2) is 4.39 Å². The molecule has 166 valence electrons. The molecule has 2 heterocycles. The van der Waals surface area contributed by atoms with Crippen LogP contribution in [0.1, 0.15) is 22.1 Å². The third-order valence-corrected chi connectivity index (χ3v) is 6.30. The smallest absolute Gasteiger partial charge is 0.264 e. The van der Waals surface area contributed by atoms with E-state index in [0.717, 1.165) is 5.56 Å². The third kappa shape index (κ3) is 3.84. The fourth-order valence-corrected chi connectivity index (χ4v) is 4.82. The molecule has 1 atom stereocenters. The Morgan fingerprint density at radius 1 is 1.03 bits per heavy atom. The Hall–Kier alpha value is -3.06. The fourth-order valence-electron chi connectivity index (χ4n) is 4.08. The summed E-state index contributed by atoms with van der Waals surface area (Å²) in [6.45, 7) is 0.225. The molecule has 4 aromatic rings. The molecule has 2 N–H and O–H groups in total. The second-order valence-electron chi connectivity index (χ2n) is 7.60. The summed E-state index contributed by atoms with van der Waals surface area (Å²) < 4.78 is 16.4. The number of hydrogen-bond acceptors (Lipinski definition) is 2. The first-order valence-electron chi connectivity index (χ1n) is 9.95. The molecular weight excluding hydrogens is 488 g/mol. The van der Waals surface area contributed by atoms with E-state index in [1.165, 1.54) is 24.3 Å². The average molecular weight is 503 g/mol. The van der Waals surface area contributed by atoms with Crippen LogP contribution in [-0.4, -0.2) is 16.4 Å². The van der Waals surface area contributed by atoms with Gasteiger partial charge in [0, 0.05) is 38.1 Å². The first-order valence-corrected chi connectivity index (χ1v) is 11.1. The van der Waals surface area contributed by atoms with Gasteiger partial charge in [0.15, 0.2) is 6.17 Å². The minimum Gasteiger partial charge on any atom is -0.348 e. The van der Waals surface area contributed by atoms with Crippen LogP contribution < -0.4 is 10.6 Å². The highest BCUT2D eigenvalue weighted by Gasteiger charge is 2.32. The predicted molar refractivity (Wildman–Crippen MR) is 127 cm³/mol. The van der Waals surface area contributed by atoms with Gasteiger partial charge >= 0.3 is 0 Å². The van der Waals surface area contributed by atoms with Gasteiger partial charge in [0.1, 0.15) is 5.82 Å². The topological polar surface area (TPSA) is 63.1 Å². The van der Waals surface area contributed by atoms with Crippen molar-refractivity contribution in [3.63, 3.8) is 0 Å². The number of aromatic nitrogens is 1. The number of carbonyl (C=O) groups is 2. The lowest BCUT2D eigenvalue weighted by Gasteiger charge is -2.22. The van der Waals surface area contributed by atoms with Crippen LogP contribution in [0.25, 0.3) is 22.2 Å². The summed E-state index contributed by atoms with van der Waals surface area (Å²) in [5.74, 6) is -1.49. The Bertz CT molecular complexity index is 1430. The van der Waals surface area contributed by atoms with Gasteiger partial charge in [-0.1, -0.05) is 53.0 Å². The summed E-state index contributed by atoms with van der Waals surface area (Å²) in [5, 5.41) is 7.22.